The maximum atomic E-state index is 12.7. The molecule has 0 atom stereocenters. The molecule has 1 N–H and O–H groups in total. The van der Waals surface area contributed by atoms with E-state index < -0.39 is 5.91 Å². The number of aliphatic imine (C=N–C) groups is 1. The van der Waals surface area contributed by atoms with E-state index in [1.165, 1.54) is 22.3 Å². The molecule has 2 aromatic rings. The van der Waals surface area contributed by atoms with E-state index in [0.717, 1.165) is 28.4 Å². The second-order valence-electron chi connectivity index (χ2n) is 7.35. The number of nitrogens with zero attached hydrogens (tertiary/aromatic N) is 4. The standard InChI is InChI=1S/C22H23N5OS/c1-5-15-9-6-8-14(4)18(15)26-11-7-10-16(26)12-17-19(23)27-22(24-20(17)28)29-21(25-27)13(2)3/h6-13,23H,5H2,1-4H3/b17-12+,23-19?. The van der Waals surface area contributed by atoms with E-state index >= 15 is 0 Å². The Hall–Kier alpha value is -2.93. The van der Waals surface area contributed by atoms with Gasteiger partial charge in [0.2, 0.25) is 5.17 Å². The highest BCUT2D eigenvalue weighted by Gasteiger charge is 2.36. The number of fused-ring (bicyclic) bond motifs is 1. The predicted octanol–water partition coefficient (Wildman–Crippen LogP) is 4.62. The smallest absolute Gasteiger partial charge is 0.283 e. The molecule has 1 aromatic heterocycles. The van der Waals surface area contributed by atoms with Crippen molar-refractivity contribution in [3.05, 3.63) is 58.9 Å². The van der Waals surface area contributed by atoms with Gasteiger partial charge in [0.15, 0.2) is 5.84 Å². The van der Waals surface area contributed by atoms with Gasteiger partial charge in [0.05, 0.1) is 11.3 Å². The first-order valence-corrected chi connectivity index (χ1v) is 10.5. The van der Waals surface area contributed by atoms with Gasteiger partial charge in [-0.15, -0.1) is 0 Å². The third-order valence-corrected chi connectivity index (χ3v) is 6.19. The predicted molar refractivity (Wildman–Crippen MR) is 120 cm³/mol. The molecule has 0 fully saturated rings. The number of amides is 1. The highest BCUT2D eigenvalue weighted by molar-refractivity contribution is 8.27. The molecule has 0 unspecified atom stereocenters. The van der Waals surface area contributed by atoms with E-state index in [2.05, 4.69) is 46.7 Å². The van der Waals surface area contributed by atoms with Gasteiger partial charge in [-0.2, -0.15) is 15.1 Å². The number of hydrogen-bond acceptors (Lipinski definition) is 4. The molecule has 29 heavy (non-hydrogen) atoms. The molecule has 1 aromatic carbocycles. The van der Waals surface area contributed by atoms with E-state index in [0.29, 0.717) is 5.17 Å². The molecule has 1 amide bonds. The molecule has 0 saturated carbocycles. The van der Waals surface area contributed by atoms with Crippen LogP contribution in [0.4, 0.5) is 0 Å². The van der Waals surface area contributed by atoms with Crippen LogP contribution < -0.4 is 0 Å². The van der Waals surface area contributed by atoms with E-state index in [1.54, 1.807) is 6.08 Å². The Balaban J connectivity index is 1.77. The zero-order valence-corrected chi connectivity index (χ0v) is 17.7. The fraction of sp³-hybridized carbons (Fsp3) is 0.273. The lowest BCUT2D eigenvalue weighted by molar-refractivity contribution is -0.114. The molecule has 4 rings (SSSR count). The second kappa shape index (κ2) is 7.48. The Morgan fingerprint density at radius 2 is 2.03 bits per heavy atom. The van der Waals surface area contributed by atoms with Crippen molar-refractivity contribution < 1.29 is 4.79 Å². The largest absolute Gasteiger partial charge is 0.317 e. The number of hydrazone groups is 1. The number of carbonyl (C=O) groups excluding carboxylic acids is 1. The van der Waals surface area contributed by atoms with Crippen LogP contribution in [-0.2, 0) is 11.2 Å². The molecule has 0 saturated heterocycles. The maximum absolute atomic E-state index is 12.7. The van der Waals surface area contributed by atoms with E-state index in [4.69, 9.17) is 5.41 Å². The van der Waals surface area contributed by atoms with Crippen molar-refractivity contribution >= 4 is 39.8 Å². The summed E-state index contributed by atoms with van der Waals surface area (Å²) in [5, 5.41) is 15.8. The minimum Gasteiger partial charge on any atom is -0.317 e. The second-order valence-corrected chi connectivity index (χ2v) is 8.34. The summed E-state index contributed by atoms with van der Waals surface area (Å²) >= 11 is 1.36. The van der Waals surface area contributed by atoms with E-state index in [9.17, 15) is 4.79 Å². The van der Waals surface area contributed by atoms with Crippen LogP contribution in [0, 0.1) is 18.3 Å². The molecule has 3 heterocycles. The first kappa shape index (κ1) is 19.4. The summed E-state index contributed by atoms with van der Waals surface area (Å²) in [6, 6.07) is 10.2. The van der Waals surface area contributed by atoms with Gasteiger partial charge in [-0.25, -0.2) is 0 Å². The Labute approximate surface area is 174 Å². The third-order valence-electron chi connectivity index (χ3n) is 4.98. The number of aryl methyl sites for hydroxylation is 2. The van der Waals surface area contributed by atoms with Gasteiger partial charge in [-0.3, -0.25) is 10.2 Å². The monoisotopic (exact) mass is 405 g/mol. The summed E-state index contributed by atoms with van der Waals surface area (Å²) in [5.74, 6) is -0.118. The summed E-state index contributed by atoms with van der Waals surface area (Å²) in [6.45, 7) is 8.28. The van der Waals surface area contributed by atoms with Crippen molar-refractivity contribution in [3.63, 3.8) is 0 Å². The summed E-state index contributed by atoms with van der Waals surface area (Å²) in [6.07, 6.45) is 4.63. The SMILES string of the molecule is CCc1cccc(C)c1-n1cccc1/C=C1\C(=N)N2N=C(C(C)C)SC2=NC1=O. The van der Waals surface area contributed by atoms with E-state index in [1.807, 2.05) is 32.2 Å². The minimum absolute atomic E-state index is 0.0661. The number of benzene rings is 1. The van der Waals surface area contributed by atoms with Gasteiger partial charge in [0, 0.05) is 17.8 Å². The van der Waals surface area contributed by atoms with Crippen LogP contribution in [0.2, 0.25) is 0 Å². The number of para-hydroxylation sites is 1. The summed E-state index contributed by atoms with van der Waals surface area (Å²) in [7, 11) is 0. The van der Waals surface area contributed by atoms with Gasteiger partial charge >= 0.3 is 0 Å². The van der Waals surface area contributed by atoms with Crippen molar-refractivity contribution in [2.45, 2.75) is 34.1 Å². The number of hydrogen-bond donors (Lipinski definition) is 1. The molecule has 2 aliphatic heterocycles. The summed E-state index contributed by atoms with van der Waals surface area (Å²) < 4.78 is 2.07. The number of nitrogens with one attached hydrogen (secondary N) is 1. The zero-order chi connectivity index (χ0) is 20.7. The highest BCUT2D eigenvalue weighted by Crippen LogP contribution is 2.31. The summed E-state index contributed by atoms with van der Waals surface area (Å²) in [4.78, 5) is 16.9. The lowest BCUT2D eigenvalue weighted by Gasteiger charge is -2.21. The van der Waals surface area contributed by atoms with Gasteiger partial charge in [0.1, 0.15) is 5.04 Å². The van der Waals surface area contributed by atoms with Crippen LogP contribution in [0.15, 0.2) is 52.2 Å². The number of amidine groups is 2. The van der Waals surface area contributed by atoms with E-state index in [-0.39, 0.29) is 17.3 Å². The van der Waals surface area contributed by atoms with Crippen LogP contribution in [0.5, 0.6) is 0 Å². The Bertz CT molecular complexity index is 1110. The molecule has 0 spiro atoms. The van der Waals surface area contributed by atoms with Gasteiger partial charge < -0.3 is 4.57 Å². The van der Waals surface area contributed by atoms with Crippen LogP contribution in [0.3, 0.4) is 0 Å². The topological polar surface area (TPSA) is 73.8 Å². The minimum atomic E-state index is -0.401. The van der Waals surface area contributed by atoms with Crippen LogP contribution in [-0.4, -0.2) is 31.5 Å². The molecule has 2 aliphatic rings. The van der Waals surface area contributed by atoms with Crippen molar-refractivity contribution in [1.29, 1.82) is 5.41 Å². The van der Waals surface area contributed by atoms with Crippen molar-refractivity contribution in [2.75, 3.05) is 0 Å². The Morgan fingerprint density at radius 3 is 2.76 bits per heavy atom. The Kier molecular flexibility index (Phi) is 5.00. The molecule has 6 nitrogen and oxygen atoms in total. The van der Waals surface area contributed by atoms with Crippen molar-refractivity contribution in [3.8, 4) is 5.69 Å². The Morgan fingerprint density at radius 1 is 1.24 bits per heavy atom. The van der Waals surface area contributed by atoms with Crippen molar-refractivity contribution in [2.24, 2.45) is 16.0 Å². The maximum Gasteiger partial charge on any atom is 0.283 e. The van der Waals surface area contributed by atoms with Crippen LogP contribution >= 0.6 is 11.8 Å². The molecule has 7 heteroatoms. The fourth-order valence-electron chi connectivity index (χ4n) is 3.45. The average molecular weight is 406 g/mol. The average Bonchev–Trinajstić information content (AvgIpc) is 3.32. The van der Waals surface area contributed by atoms with Crippen LogP contribution in [0.25, 0.3) is 11.8 Å². The van der Waals surface area contributed by atoms with Crippen LogP contribution in [0.1, 0.15) is 37.6 Å². The first-order chi connectivity index (χ1) is 13.9. The number of thioether (sulfide) groups is 1. The number of aromatic nitrogens is 1. The lowest BCUT2D eigenvalue weighted by Crippen LogP contribution is -2.35. The zero-order valence-electron chi connectivity index (χ0n) is 16.9. The molecule has 148 valence electrons. The van der Waals surface area contributed by atoms with Crippen molar-refractivity contribution in [1.82, 2.24) is 9.58 Å². The van der Waals surface area contributed by atoms with Gasteiger partial charge in [0.25, 0.3) is 5.91 Å². The molecule has 0 bridgehead atoms. The third kappa shape index (κ3) is 3.35. The molecular formula is C22H23N5OS. The van der Waals surface area contributed by atoms with Gasteiger partial charge in [-0.05, 0) is 54.4 Å². The molecule has 0 radical (unpaired) electrons. The highest BCUT2D eigenvalue weighted by atomic mass is 32.2. The number of carbonyl (C=O) groups is 1. The lowest BCUT2D eigenvalue weighted by atomic mass is 10.1. The van der Waals surface area contributed by atoms with Gasteiger partial charge in [-0.1, -0.05) is 39.0 Å². The normalized spacial score (nSPS) is 17.8. The summed E-state index contributed by atoms with van der Waals surface area (Å²) in [5.41, 5.74) is 4.58. The number of rotatable bonds is 4. The quantitative estimate of drug-likeness (QED) is 0.754. The molecular weight excluding hydrogens is 382 g/mol. The molecule has 0 aliphatic carbocycles. The fourth-order valence-corrected chi connectivity index (χ4v) is 4.35. The first-order valence-electron chi connectivity index (χ1n) is 9.67.